The van der Waals surface area contributed by atoms with E-state index in [2.05, 4.69) is 26.6 Å². The van der Waals surface area contributed by atoms with Gasteiger partial charge in [-0.2, -0.15) is 0 Å². The zero-order chi connectivity index (χ0) is 19.0. The first-order chi connectivity index (χ1) is 11.8. The topological polar surface area (TPSA) is 76.7 Å². The average Bonchev–Trinajstić information content (AvgIpc) is 2.58. The van der Waals surface area contributed by atoms with Crippen molar-refractivity contribution in [2.24, 2.45) is 5.92 Å². The summed E-state index contributed by atoms with van der Waals surface area (Å²) >= 11 is 3.42. The van der Waals surface area contributed by atoms with Gasteiger partial charge in [0.2, 0.25) is 5.91 Å². The lowest BCUT2D eigenvalue weighted by Crippen LogP contribution is -2.46. The fourth-order valence-corrected chi connectivity index (χ4v) is 2.87. The fourth-order valence-electron chi connectivity index (χ4n) is 2.31. The minimum atomic E-state index is -0.585. The van der Waals surface area contributed by atoms with E-state index in [1.54, 1.807) is 19.2 Å². The smallest absolute Gasteiger partial charge is 0.252 e. The third-order valence-electron chi connectivity index (χ3n) is 3.52. The first-order valence-electron chi connectivity index (χ1n) is 8.36. The zero-order valence-electron chi connectivity index (χ0n) is 15.4. The van der Waals surface area contributed by atoms with Gasteiger partial charge in [-0.15, -0.1) is 0 Å². The Bertz CT molecular complexity index is 605. The van der Waals surface area contributed by atoms with Gasteiger partial charge in [0.25, 0.3) is 5.91 Å². The Labute approximate surface area is 157 Å². The average molecular weight is 415 g/mol. The first-order valence-corrected chi connectivity index (χ1v) is 9.16. The van der Waals surface area contributed by atoms with Gasteiger partial charge in [-0.3, -0.25) is 9.59 Å². The normalized spacial score (nSPS) is 11.8. The van der Waals surface area contributed by atoms with Crippen molar-refractivity contribution in [3.8, 4) is 11.5 Å². The third kappa shape index (κ3) is 6.23. The lowest BCUT2D eigenvalue weighted by molar-refractivity contribution is -0.122. The summed E-state index contributed by atoms with van der Waals surface area (Å²) in [6.45, 7) is 6.56. The van der Waals surface area contributed by atoms with E-state index < -0.39 is 6.04 Å². The minimum absolute atomic E-state index is 0.212. The van der Waals surface area contributed by atoms with E-state index in [0.717, 1.165) is 6.42 Å². The summed E-state index contributed by atoms with van der Waals surface area (Å²) in [5.41, 5.74) is 0.394. The molecule has 0 spiro atoms. The summed E-state index contributed by atoms with van der Waals surface area (Å²) in [5, 5.41) is 5.37. The number of amides is 2. The highest BCUT2D eigenvalue weighted by atomic mass is 79.9. The van der Waals surface area contributed by atoms with Crippen LogP contribution in [0, 0.1) is 5.92 Å². The highest BCUT2D eigenvalue weighted by molar-refractivity contribution is 9.10. The van der Waals surface area contributed by atoms with Crippen LogP contribution < -0.4 is 20.1 Å². The van der Waals surface area contributed by atoms with Crippen molar-refractivity contribution in [1.82, 2.24) is 10.6 Å². The molecule has 0 bridgehead atoms. The molecule has 0 aliphatic rings. The molecular weight excluding hydrogens is 388 g/mol. The highest BCUT2D eigenvalue weighted by Gasteiger charge is 2.23. The van der Waals surface area contributed by atoms with Crippen LogP contribution in [0.4, 0.5) is 0 Å². The van der Waals surface area contributed by atoms with Crippen molar-refractivity contribution in [1.29, 1.82) is 0 Å². The fraction of sp³-hybridized carbons (Fsp3) is 0.556. The lowest BCUT2D eigenvalue weighted by Gasteiger charge is -2.20. The number of benzene rings is 1. The van der Waals surface area contributed by atoms with Gasteiger partial charge in [-0.05, 0) is 46.8 Å². The summed E-state index contributed by atoms with van der Waals surface area (Å²) in [4.78, 5) is 24.6. The number of ether oxygens (including phenoxy) is 2. The maximum atomic E-state index is 12.6. The first kappa shape index (κ1) is 21.3. The molecule has 0 aromatic heterocycles. The molecule has 2 N–H and O–H groups in total. The molecule has 0 fully saturated rings. The number of halogens is 1. The Balaban J connectivity index is 3.03. The number of likely N-dealkylation sites (N-methyl/N-ethyl adjacent to an activating group) is 1. The molecule has 0 heterocycles. The zero-order valence-corrected chi connectivity index (χ0v) is 17.0. The molecule has 0 saturated carbocycles. The standard InChI is InChI=1S/C18H27BrN2O4/c1-6-7-25-16-13(19)9-12(10-15(16)24-5)17(22)21-14(8-11(2)3)18(23)20-4/h9-11,14H,6-8H2,1-5H3,(H,20,23)(H,21,22). The van der Waals surface area contributed by atoms with Crippen molar-refractivity contribution in [2.75, 3.05) is 20.8 Å². The molecule has 6 nitrogen and oxygen atoms in total. The summed E-state index contributed by atoms with van der Waals surface area (Å²) < 4.78 is 11.6. The van der Waals surface area contributed by atoms with Crippen molar-refractivity contribution < 1.29 is 19.1 Å². The van der Waals surface area contributed by atoms with E-state index in [1.165, 1.54) is 7.11 Å². The SMILES string of the molecule is CCCOc1c(Br)cc(C(=O)NC(CC(C)C)C(=O)NC)cc1OC. The number of methoxy groups -OCH3 is 1. The Hall–Kier alpha value is -1.76. The lowest BCUT2D eigenvalue weighted by atomic mass is 10.0. The Kier molecular flexibility index (Phi) is 8.75. The van der Waals surface area contributed by atoms with Gasteiger partial charge in [0.1, 0.15) is 6.04 Å². The van der Waals surface area contributed by atoms with Crippen LogP contribution in [0.25, 0.3) is 0 Å². The van der Waals surface area contributed by atoms with E-state index in [1.807, 2.05) is 20.8 Å². The Morgan fingerprint density at radius 2 is 1.96 bits per heavy atom. The van der Waals surface area contributed by atoms with Gasteiger partial charge in [0.05, 0.1) is 18.2 Å². The molecule has 0 aliphatic carbocycles. The summed E-state index contributed by atoms with van der Waals surface area (Å²) in [6.07, 6.45) is 1.42. The van der Waals surface area contributed by atoms with E-state index in [9.17, 15) is 9.59 Å². The van der Waals surface area contributed by atoms with Crippen LogP contribution in [0.15, 0.2) is 16.6 Å². The van der Waals surface area contributed by atoms with Crippen LogP contribution in [0.5, 0.6) is 11.5 Å². The van der Waals surface area contributed by atoms with Crippen LogP contribution in [0.2, 0.25) is 0 Å². The van der Waals surface area contributed by atoms with Crippen molar-refractivity contribution in [2.45, 2.75) is 39.7 Å². The largest absolute Gasteiger partial charge is 0.493 e. The molecule has 1 rings (SSSR count). The molecule has 1 unspecified atom stereocenters. The molecule has 2 amide bonds. The number of carbonyl (C=O) groups excluding carboxylic acids is 2. The number of nitrogens with one attached hydrogen (secondary N) is 2. The Morgan fingerprint density at radius 1 is 1.28 bits per heavy atom. The molecule has 1 atom stereocenters. The highest BCUT2D eigenvalue weighted by Crippen LogP contribution is 2.36. The number of hydrogen-bond donors (Lipinski definition) is 2. The quantitative estimate of drug-likeness (QED) is 0.650. The summed E-state index contributed by atoms with van der Waals surface area (Å²) in [7, 11) is 3.08. The third-order valence-corrected chi connectivity index (χ3v) is 4.11. The van der Waals surface area contributed by atoms with E-state index in [-0.39, 0.29) is 17.7 Å². The van der Waals surface area contributed by atoms with Crippen molar-refractivity contribution in [3.63, 3.8) is 0 Å². The number of hydrogen-bond acceptors (Lipinski definition) is 4. The molecule has 0 radical (unpaired) electrons. The van der Waals surface area contributed by atoms with Crippen LogP contribution in [-0.4, -0.2) is 38.6 Å². The van der Waals surface area contributed by atoms with Gasteiger partial charge in [-0.25, -0.2) is 0 Å². The van der Waals surface area contributed by atoms with E-state index in [0.29, 0.717) is 34.6 Å². The second-order valence-corrected chi connectivity index (χ2v) is 6.96. The minimum Gasteiger partial charge on any atom is -0.493 e. The molecule has 1 aromatic rings. The second kappa shape index (κ2) is 10.3. The maximum Gasteiger partial charge on any atom is 0.252 e. The summed E-state index contributed by atoms with van der Waals surface area (Å²) in [5.74, 6) is 0.749. The van der Waals surface area contributed by atoms with Crippen molar-refractivity contribution in [3.05, 3.63) is 22.2 Å². The maximum absolute atomic E-state index is 12.6. The predicted molar refractivity (Wildman–Crippen MR) is 101 cm³/mol. The van der Waals surface area contributed by atoms with Crippen LogP contribution >= 0.6 is 15.9 Å². The Morgan fingerprint density at radius 3 is 2.48 bits per heavy atom. The number of carbonyl (C=O) groups is 2. The molecule has 0 aliphatic heterocycles. The van der Waals surface area contributed by atoms with Crippen molar-refractivity contribution >= 4 is 27.7 Å². The van der Waals surface area contributed by atoms with Crippen LogP contribution in [-0.2, 0) is 4.79 Å². The second-order valence-electron chi connectivity index (χ2n) is 6.11. The van der Waals surface area contributed by atoms with Crippen LogP contribution in [0.1, 0.15) is 44.0 Å². The van der Waals surface area contributed by atoms with Gasteiger partial charge >= 0.3 is 0 Å². The van der Waals surface area contributed by atoms with E-state index >= 15 is 0 Å². The molecule has 140 valence electrons. The molecular formula is C18H27BrN2O4. The van der Waals surface area contributed by atoms with Gasteiger partial charge < -0.3 is 20.1 Å². The monoisotopic (exact) mass is 414 g/mol. The molecule has 1 aromatic carbocycles. The molecule has 7 heteroatoms. The predicted octanol–water partition coefficient (Wildman–Crippen LogP) is 3.14. The van der Waals surface area contributed by atoms with Crippen LogP contribution in [0.3, 0.4) is 0 Å². The molecule has 0 saturated heterocycles. The van der Waals surface area contributed by atoms with Gasteiger partial charge in [0, 0.05) is 12.6 Å². The van der Waals surface area contributed by atoms with E-state index in [4.69, 9.17) is 9.47 Å². The summed E-state index contributed by atoms with van der Waals surface area (Å²) in [6, 6.07) is 2.69. The number of rotatable bonds is 9. The van der Waals surface area contributed by atoms with Gasteiger partial charge in [0.15, 0.2) is 11.5 Å². The van der Waals surface area contributed by atoms with Gasteiger partial charge in [-0.1, -0.05) is 20.8 Å². The molecule has 25 heavy (non-hydrogen) atoms.